The molecular formula is C16H17BrFNO. The number of hydrogen-bond acceptors (Lipinski definition) is 2. The van der Waals surface area contributed by atoms with Crippen LogP contribution in [0.5, 0.6) is 5.75 Å². The SMILES string of the molecule is CC(N)Cc1cccc(OCc2cccc(F)c2Br)c1. The topological polar surface area (TPSA) is 35.2 Å². The number of ether oxygens (including phenoxy) is 1. The Hall–Kier alpha value is -1.39. The molecule has 20 heavy (non-hydrogen) atoms. The molecule has 0 radical (unpaired) electrons. The second kappa shape index (κ2) is 6.86. The van der Waals surface area contributed by atoms with Crippen molar-refractivity contribution in [2.75, 3.05) is 0 Å². The Bertz CT molecular complexity index is 586. The van der Waals surface area contributed by atoms with Gasteiger partial charge in [0.2, 0.25) is 0 Å². The van der Waals surface area contributed by atoms with E-state index in [1.54, 1.807) is 6.07 Å². The minimum atomic E-state index is -0.281. The van der Waals surface area contributed by atoms with E-state index >= 15 is 0 Å². The van der Waals surface area contributed by atoms with Gasteiger partial charge in [-0.3, -0.25) is 0 Å². The lowest BCUT2D eigenvalue weighted by Gasteiger charge is -2.10. The van der Waals surface area contributed by atoms with Crippen LogP contribution in [-0.2, 0) is 13.0 Å². The first-order chi connectivity index (χ1) is 9.56. The lowest BCUT2D eigenvalue weighted by Crippen LogP contribution is -2.17. The van der Waals surface area contributed by atoms with Crippen LogP contribution >= 0.6 is 15.9 Å². The van der Waals surface area contributed by atoms with Crippen molar-refractivity contribution in [2.45, 2.75) is 26.0 Å². The Labute approximate surface area is 126 Å². The first kappa shape index (κ1) is 15.0. The summed E-state index contributed by atoms with van der Waals surface area (Å²) in [6, 6.07) is 12.8. The number of nitrogens with two attached hydrogens (primary N) is 1. The van der Waals surface area contributed by atoms with E-state index in [9.17, 15) is 4.39 Å². The molecule has 0 spiro atoms. The molecule has 0 aliphatic carbocycles. The molecule has 2 aromatic rings. The zero-order valence-corrected chi connectivity index (χ0v) is 12.9. The van der Waals surface area contributed by atoms with Crippen molar-refractivity contribution in [1.29, 1.82) is 0 Å². The Morgan fingerprint density at radius 2 is 2.00 bits per heavy atom. The summed E-state index contributed by atoms with van der Waals surface area (Å²) in [6.07, 6.45) is 0.806. The van der Waals surface area contributed by atoms with Gasteiger partial charge in [0, 0.05) is 11.6 Å². The third-order valence-corrected chi connectivity index (χ3v) is 3.77. The summed E-state index contributed by atoms with van der Waals surface area (Å²) >= 11 is 3.23. The Balaban J connectivity index is 2.05. The zero-order chi connectivity index (χ0) is 14.5. The highest BCUT2D eigenvalue weighted by Crippen LogP contribution is 2.22. The fraction of sp³-hybridized carbons (Fsp3) is 0.250. The van der Waals surface area contributed by atoms with Crippen LogP contribution in [-0.4, -0.2) is 6.04 Å². The second-order valence-electron chi connectivity index (χ2n) is 4.83. The molecule has 2 N–H and O–H groups in total. The molecule has 0 aromatic heterocycles. The van der Waals surface area contributed by atoms with E-state index in [0.717, 1.165) is 23.3 Å². The maximum absolute atomic E-state index is 13.4. The summed E-state index contributed by atoms with van der Waals surface area (Å²) in [4.78, 5) is 0. The molecule has 0 amide bonds. The van der Waals surface area contributed by atoms with E-state index in [2.05, 4.69) is 15.9 Å². The second-order valence-corrected chi connectivity index (χ2v) is 5.62. The van der Waals surface area contributed by atoms with Crippen molar-refractivity contribution in [1.82, 2.24) is 0 Å². The van der Waals surface area contributed by atoms with Crippen LogP contribution < -0.4 is 10.5 Å². The number of rotatable bonds is 5. The van der Waals surface area contributed by atoms with Gasteiger partial charge in [-0.05, 0) is 53.0 Å². The van der Waals surface area contributed by atoms with Gasteiger partial charge < -0.3 is 10.5 Å². The van der Waals surface area contributed by atoms with Gasteiger partial charge in [0.05, 0.1) is 4.47 Å². The first-order valence-electron chi connectivity index (χ1n) is 6.46. The average molecular weight is 338 g/mol. The van der Waals surface area contributed by atoms with Crippen LogP contribution in [0.2, 0.25) is 0 Å². The fourth-order valence-corrected chi connectivity index (χ4v) is 2.33. The summed E-state index contributed by atoms with van der Waals surface area (Å²) in [5.41, 5.74) is 7.70. The molecule has 0 heterocycles. The molecule has 2 nitrogen and oxygen atoms in total. The normalized spacial score (nSPS) is 12.2. The highest BCUT2D eigenvalue weighted by atomic mass is 79.9. The van der Waals surface area contributed by atoms with Crippen molar-refractivity contribution in [3.05, 3.63) is 63.9 Å². The zero-order valence-electron chi connectivity index (χ0n) is 11.3. The molecule has 2 aromatic carbocycles. The molecule has 1 atom stereocenters. The lowest BCUT2D eigenvalue weighted by atomic mass is 10.1. The standard InChI is InChI=1S/C16H17BrFNO/c1-11(19)8-12-4-2-6-14(9-12)20-10-13-5-3-7-15(18)16(13)17/h2-7,9,11H,8,10,19H2,1H3. The van der Waals surface area contributed by atoms with Crippen molar-refractivity contribution < 1.29 is 9.13 Å². The van der Waals surface area contributed by atoms with E-state index in [0.29, 0.717) is 11.1 Å². The monoisotopic (exact) mass is 337 g/mol. The molecule has 0 saturated carbocycles. The van der Waals surface area contributed by atoms with Gasteiger partial charge in [-0.1, -0.05) is 24.3 Å². The third-order valence-electron chi connectivity index (χ3n) is 2.88. The minimum Gasteiger partial charge on any atom is -0.489 e. The summed E-state index contributed by atoms with van der Waals surface area (Å²) in [5.74, 6) is 0.483. The van der Waals surface area contributed by atoms with Gasteiger partial charge in [0.1, 0.15) is 18.2 Å². The fourth-order valence-electron chi connectivity index (χ4n) is 1.96. The molecule has 1 unspecified atom stereocenters. The predicted molar refractivity (Wildman–Crippen MR) is 82.2 cm³/mol. The summed E-state index contributed by atoms with van der Waals surface area (Å²) < 4.78 is 19.6. The maximum Gasteiger partial charge on any atom is 0.137 e. The number of halogens is 2. The molecule has 0 aliphatic rings. The molecule has 2 rings (SSSR count). The Morgan fingerprint density at radius 1 is 1.25 bits per heavy atom. The van der Waals surface area contributed by atoms with Gasteiger partial charge in [0.15, 0.2) is 0 Å². The molecular weight excluding hydrogens is 321 g/mol. The summed E-state index contributed by atoms with van der Waals surface area (Å²) in [5, 5.41) is 0. The number of benzene rings is 2. The quantitative estimate of drug-likeness (QED) is 0.892. The molecule has 0 aliphatic heterocycles. The van der Waals surface area contributed by atoms with Crippen LogP contribution in [0, 0.1) is 5.82 Å². The molecule has 0 fully saturated rings. The van der Waals surface area contributed by atoms with Crippen molar-refractivity contribution >= 4 is 15.9 Å². The van der Waals surface area contributed by atoms with E-state index in [4.69, 9.17) is 10.5 Å². The van der Waals surface area contributed by atoms with Crippen molar-refractivity contribution in [2.24, 2.45) is 5.73 Å². The van der Waals surface area contributed by atoms with E-state index in [1.807, 2.05) is 37.3 Å². The molecule has 0 bridgehead atoms. The number of hydrogen-bond donors (Lipinski definition) is 1. The Kier molecular flexibility index (Phi) is 5.15. The molecule has 4 heteroatoms. The maximum atomic E-state index is 13.4. The van der Waals surface area contributed by atoms with Crippen LogP contribution in [0.3, 0.4) is 0 Å². The van der Waals surface area contributed by atoms with Gasteiger partial charge in [-0.15, -0.1) is 0 Å². The van der Waals surface area contributed by atoms with Crippen LogP contribution in [0.15, 0.2) is 46.9 Å². The molecule has 106 valence electrons. The van der Waals surface area contributed by atoms with Gasteiger partial charge >= 0.3 is 0 Å². The van der Waals surface area contributed by atoms with E-state index in [-0.39, 0.29) is 11.9 Å². The first-order valence-corrected chi connectivity index (χ1v) is 7.26. The summed E-state index contributed by atoms with van der Waals surface area (Å²) in [6.45, 7) is 2.29. The van der Waals surface area contributed by atoms with E-state index < -0.39 is 0 Å². The van der Waals surface area contributed by atoms with E-state index in [1.165, 1.54) is 6.07 Å². The largest absolute Gasteiger partial charge is 0.489 e. The predicted octanol–water partition coefficient (Wildman–Crippen LogP) is 4.06. The van der Waals surface area contributed by atoms with Crippen LogP contribution in [0.25, 0.3) is 0 Å². The van der Waals surface area contributed by atoms with Crippen molar-refractivity contribution in [3.63, 3.8) is 0 Å². The highest BCUT2D eigenvalue weighted by molar-refractivity contribution is 9.10. The Morgan fingerprint density at radius 3 is 2.75 bits per heavy atom. The molecule has 0 saturated heterocycles. The third kappa shape index (κ3) is 4.05. The van der Waals surface area contributed by atoms with Crippen molar-refractivity contribution in [3.8, 4) is 5.75 Å². The highest BCUT2D eigenvalue weighted by Gasteiger charge is 2.06. The summed E-state index contributed by atoms with van der Waals surface area (Å²) in [7, 11) is 0. The smallest absolute Gasteiger partial charge is 0.137 e. The van der Waals surface area contributed by atoms with Gasteiger partial charge in [-0.25, -0.2) is 4.39 Å². The lowest BCUT2D eigenvalue weighted by molar-refractivity contribution is 0.304. The van der Waals surface area contributed by atoms with Crippen LogP contribution in [0.1, 0.15) is 18.1 Å². The van der Waals surface area contributed by atoms with Gasteiger partial charge in [-0.2, -0.15) is 0 Å². The average Bonchev–Trinajstić information content (AvgIpc) is 2.40. The van der Waals surface area contributed by atoms with Gasteiger partial charge in [0.25, 0.3) is 0 Å². The minimum absolute atomic E-state index is 0.114. The van der Waals surface area contributed by atoms with Crippen LogP contribution in [0.4, 0.5) is 4.39 Å².